The van der Waals surface area contributed by atoms with E-state index >= 15 is 0 Å². The van der Waals surface area contributed by atoms with Crippen molar-refractivity contribution in [1.29, 1.82) is 0 Å². The van der Waals surface area contributed by atoms with E-state index in [0.717, 1.165) is 0 Å². The molecule has 0 aromatic heterocycles. The molecule has 0 radical (unpaired) electrons. The molecule has 0 saturated carbocycles. The fraction of sp³-hybridized carbons (Fsp3) is 0.455. The largest absolute Gasteiger partial charge is 0.511 e. The summed E-state index contributed by atoms with van der Waals surface area (Å²) in [6.07, 6.45) is 1.61. The van der Waals surface area contributed by atoms with Gasteiger partial charge in [0.2, 0.25) is 5.78 Å². The zero-order valence-electron chi connectivity index (χ0n) is 9.17. The van der Waals surface area contributed by atoms with E-state index in [1.165, 1.54) is 0 Å². The third kappa shape index (κ3) is 2.15. The van der Waals surface area contributed by atoms with Crippen LogP contribution < -0.4 is 0 Å². The number of hydrogen-bond acceptors (Lipinski definition) is 3. The zero-order chi connectivity index (χ0) is 12.7. The topological polar surface area (TPSA) is 54.4 Å². The SMILES string of the molecule is CC1=CC(C)(C)C(O)=C(C(=O)C(Cl)Cl)C1=O. The van der Waals surface area contributed by atoms with Gasteiger partial charge in [-0.05, 0) is 26.3 Å². The number of rotatable bonds is 2. The maximum atomic E-state index is 11.7. The molecule has 0 aromatic rings. The van der Waals surface area contributed by atoms with Gasteiger partial charge in [0.25, 0.3) is 0 Å². The highest BCUT2D eigenvalue weighted by Crippen LogP contribution is 2.36. The van der Waals surface area contributed by atoms with Crippen molar-refractivity contribution >= 4 is 34.8 Å². The third-order valence-corrected chi connectivity index (χ3v) is 2.85. The Bertz CT molecular complexity index is 417. The van der Waals surface area contributed by atoms with Gasteiger partial charge in [0, 0.05) is 5.41 Å². The maximum absolute atomic E-state index is 11.7. The molecule has 0 amide bonds. The highest BCUT2D eigenvalue weighted by atomic mass is 35.5. The van der Waals surface area contributed by atoms with E-state index in [0.29, 0.717) is 5.57 Å². The molecule has 1 aliphatic carbocycles. The molecule has 88 valence electrons. The molecule has 0 spiro atoms. The van der Waals surface area contributed by atoms with Gasteiger partial charge in [0.05, 0.1) is 0 Å². The number of hydrogen-bond donors (Lipinski definition) is 1. The molecule has 0 saturated heterocycles. The lowest BCUT2D eigenvalue weighted by atomic mass is 9.78. The zero-order valence-corrected chi connectivity index (χ0v) is 10.7. The van der Waals surface area contributed by atoms with Crippen LogP contribution >= 0.6 is 23.2 Å². The van der Waals surface area contributed by atoms with Gasteiger partial charge in [-0.25, -0.2) is 0 Å². The van der Waals surface area contributed by atoms with Gasteiger partial charge >= 0.3 is 0 Å². The number of alkyl halides is 2. The number of aliphatic hydroxyl groups is 1. The number of allylic oxidation sites excluding steroid dienone is 3. The molecule has 3 nitrogen and oxygen atoms in total. The van der Waals surface area contributed by atoms with Crippen LogP contribution in [0.15, 0.2) is 23.0 Å². The molecule has 1 aliphatic rings. The number of carbonyl (C=O) groups is 2. The van der Waals surface area contributed by atoms with Gasteiger partial charge in [-0.2, -0.15) is 0 Å². The first-order valence-electron chi connectivity index (χ1n) is 4.68. The van der Waals surface area contributed by atoms with Crippen LogP contribution in [-0.4, -0.2) is 21.5 Å². The van der Waals surface area contributed by atoms with E-state index in [1.807, 2.05) is 0 Å². The minimum absolute atomic E-state index is 0.278. The summed E-state index contributed by atoms with van der Waals surface area (Å²) in [6.45, 7) is 4.98. The first-order chi connectivity index (χ1) is 7.18. The summed E-state index contributed by atoms with van der Waals surface area (Å²) in [5.41, 5.74) is -0.661. The Morgan fingerprint density at radius 2 is 1.94 bits per heavy atom. The number of carbonyl (C=O) groups excluding carboxylic acids is 2. The van der Waals surface area contributed by atoms with E-state index < -0.39 is 21.8 Å². The second-order valence-corrected chi connectivity index (χ2v) is 5.36. The van der Waals surface area contributed by atoms with Crippen molar-refractivity contribution in [2.24, 2.45) is 5.41 Å². The molecule has 0 fully saturated rings. The van der Waals surface area contributed by atoms with Gasteiger partial charge in [0.1, 0.15) is 11.3 Å². The summed E-state index contributed by atoms with van der Waals surface area (Å²) >= 11 is 10.9. The molecule has 0 bridgehead atoms. The quantitative estimate of drug-likeness (QED) is 0.615. The van der Waals surface area contributed by atoms with Crippen LogP contribution in [-0.2, 0) is 9.59 Å². The Morgan fingerprint density at radius 1 is 1.44 bits per heavy atom. The molecule has 1 rings (SSSR count). The number of Topliss-reactive ketones (excluding diaryl/α,β-unsaturated/α-hetero) is 2. The monoisotopic (exact) mass is 262 g/mol. The van der Waals surface area contributed by atoms with Crippen molar-refractivity contribution in [3.05, 3.63) is 23.0 Å². The standard InChI is InChI=1S/C11H12Cl2O3/c1-5-4-11(2,3)9(16)6(7(5)14)8(15)10(12)13/h4,10,16H,1-3H3. The highest BCUT2D eigenvalue weighted by Gasteiger charge is 2.37. The minimum Gasteiger partial charge on any atom is -0.511 e. The Hall–Kier alpha value is -0.800. The molecular weight excluding hydrogens is 251 g/mol. The van der Waals surface area contributed by atoms with E-state index in [1.54, 1.807) is 26.8 Å². The van der Waals surface area contributed by atoms with Gasteiger partial charge in [-0.15, -0.1) is 0 Å². The molecule has 5 heteroatoms. The average molecular weight is 263 g/mol. The Kier molecular flexibility index (Phi) is 3.50. The van der Waals surface area contributed by atoms with Crippen LogP contribution in [0.3, 0.4) is 0 Å². The van der Waals surface area contributed by atoms with Gasteiger partial charge in [-0.1, -0.05) is 29.3 Å². The van der Waals surface area contributed by atoms with E-state index in [-0.39, 0.29) is 11.3 Å². The van der Waals surface area contributed by atoms with Crippen LogP contribution in [0.4, 0.5) is 0 Å². The third-order valence-electron chi connectivity index (χ3n) is 2.45. The molecule has 0 atom stereocenters. The van der Waals surface area contributed by atoms with Crippen molar-refractivity contribution in [3.63, 3.8) is 0 Å². The Morgan fingerprint density at radius 3 is 2.38 bits per heavy atom. The molecule has 0 heterocycles. The summed E-state index contributed by atoms with van der Waals surface area (Å²) in [7, 11) is 0. The Balaban J connectivity index is 3.35. The fourth-order valence-electron chi connectivity index (χ4n) is 1.64. The molecule has 0 aromatic carbocycles. The van der Waals surface area contributed by atoms with Crippen molar-refractivity contribution in [2.45, 2.75) is 25.6 Å². The smallest absolute Gasteiger partial charge is 0.203 e. The van der Waals surface area contributed by atoms with Crippen molar-refractivity contribution in [3.8, 4) is 0 Å². The molecule has 0 aliphatic heterocycles. The molecule has 1 N–H and O–H groups in total. The van der Waals surface area contributed by atoms with Crippen LogP contribution in [0.1, 0.15) is 20.8 Å². The van der Waals surface area contributed by atoms with E-state index in [9.17, 15) is 14.7 Å². The number of aliphatic hydroxyl groups excluding tert-OH is 1. The van der Waals surface area contributed by atoms with Crippen molar-refractivity contribution in [2.75, 3.05) is 0 Å². The van der Waals surface area contributed by atoms with Crippen LogP contribution in [0.2, 0.25) is 0 Å². The second kappa shape index (κ2) is 4.22. The van der Waals surface area contributed by atoms with Gasteiger partial charge in [-0.3, -0.25) is 9.59 Å². The second-order valence-electron chi connectivity index (χ2n) is 4.27. The molecule has 0 unspecified atom stereocenters. The fourth-order valence-corrected chi connectivity index (χ4v) is 1.86. The Labute approximate surface area is 104 Å². The summed E-state index contributed by atoms with van der Waals surface area (Å²) in [4.78, 5) is 22.0. The lowest BCUT2D eigenvalue weighted by Gasteiger charge is -2.27. The van der Waals surface area contributed by atoms with E-state index in [4.69, 9.17) is 23.2 Å². The predicted octanol–water partition coefficient (Wildman–Crippen LogP) is 2.73. The number of ketones is 2. The first kappa shape index (κ1) is 13.3. The van der Waals surface area contributed by atoms with Gasteiger partial charge in [0.15, 0.2) is 10.6 Å². The molecule has 16 heavy (non-hydrogen) atoms. The summed E-state index contributed by atoms with van der Waals surface area (Å²) in [5, 5.41) is 9.88. The van der Waals surface area contributed by atoms with Crippen LogP contribution in [0, 0.1) is 5.41 Å². The summed E-state index contributed by atoms with van der Waals surface area (Å²) in [6, 6.07) is 0. The van der Waals surface area contributed by atoms with E-state index in [2.05, 4.69) is 0 Å². The van der Waals surface area contributed by atoms with Crippen LogP contribution in [0.25, 0.3) is 0 Å². The van der Waals surface area contributed by atoms with Crippen LogP contribution in [0.5, 0.6) is 0 Å². The highest BCUT2D eigenvalue weighted by molar-refractivity contribution is 6.57. The summed E-state index contributed by atoms with van der Waals surface area (Å²) in [5.74, 6) is -1.56. The lowest BCUT2D eigenvalue weighted by Crippen LogP contribution is -2.30. The predicted molar refractivity (Wildman–Crippen MR) is 62.7 cm³/mol. The summed E-state index contributed by atoms with van der Waals surface area (Å²) < 4.78 is 0. The first-order valence-corrected chi connectivity index (χ1v) is 5.56. The minimum atomic E-state index is -1.34. The number of halogens is 2. The van der Waals surface area contributed by atoms with Crippen molar-refractivity contribution < 1.29 is 14.7 Å². The van der Waals surface area contributed by atoms with Crippen molar-refractivity contribution in [1.82, 2.24) is 0 Å². The lowest BCUT2D eigenvalue weighted by molar-refractivity contribution is -0.119. The van der Waals surface area contributed by atoms with Gasteiger partial charge < -0.3 is 5.11 Å². The normalized spacial score (nSPS) is 20.1. The average Bonchev–Trinajstić information content (AvgIpc) is 2.14. The maximum Gasteiger partial charge on any atom is 0.203 e. The molecular formula is C11H12Cl2O3.